The van der Waals surface area contributed by atoms with Crippen molar-refractivity contribution in [3.05, 3.63) is 51.2 Å². The van der Waals surface area contributed by atoms with Crippen LogP contribution >= 0.6 is 22.9 Å². The Kier molecular flexibility index (Phi) is 3.82. The number of halogens is 1. The maximum Gasteiger partial charge on any atom is 0.0935 e. The van der Waals surface area contributed by atoms with Crippen LogP contribution in [0.3, 0.4) is 0 Å². The van der Waals surface area contributed by atoms with Gasteiger partial charge in [-0.3, -0.25) is 5.43 Å². The van der Waals surface area contributed by atoms with Crippen LogP contribution in [0, 0.1) is 6.92 Å². The Bertz CT molecular complexity index is 546. The predicted octanol–water partition coefficient (Wildman–Crippen LogP) is 4.55. The molecule has 0 amide bonds. The van der Waals surface area contributed by atoms with Crippen LogP contribution in [0.4, 0.5) is 5.69 Å². The van der Waals surface area contributed by atoms with Crippen LogP contribution in [-0.2, 0) is 0 Å². The highest BCUT2D eigenvalue weighted by molar-refractivity contribution is 7.18. The van der Waals surface area contributed by atoms with Crippen LogP contribution in [0.2, 0.25) is 4.34 Å². The molecule has 4 heteroatoms. The molecule has 0 aliphatic carbocycles. The van der Waals surface area contributed by atoms with Gasteiger partial charge in [-0.05, 0) is 43.7 Å². The van der Waals surface area contributed by atoms with E-state index < -0.39 is 0 Å². The average molecular weight is 265 g/mol. The molecule has 0 unspecified atom stereocenters. The van der Waals surface area contributed by atoms with Crippen LogP contribution in [-0.4, -0.2) is 5.71 Å². The van der Waals surface area contributed by atoms with Crippen molar-refractivity contribution in [2.75, 3.05) is 5.43 Å². The summed E-state index contributed by atoms with van der Waals surface area (Å²) >= 11 is 7.41. The fourth-order valence-electron chi connectivity index (χ4n) is 1.43. The number of aryl methyl sites for hydroxylation is 1. The van der Waals surface area contributed by atoms with Crippen molar-refractivity contribution in [1.29, 1.82) is 0 Å². The van der Waals surface area contributed by atoms with Crippen LogP contribution in [0.1, 0.15) is 17.4 Å². The van der Waals surface area contributed by atoms with Gasteiger partial charge in [0, 0.05) is 0 Å². The SMILES string of the molecule is C/C(=N/Nc1cccc(C)c1)c1ccc(Cl)s1. The molecule has 0 saturated carbocycles. The molecule has 1 aromatic carbocycles. The second-order valence-electron chi connectivity index (χ2n) is 3.78. The van der Waals surface area contributed by atoms with Gasteiger partial charge in [-0.1, -0.05) is 23.7 Å². The predicted molar refractivity (Wildman–Crippen MR) is 76.3 cm³/mol. The minimum Gasteiger partial charge on any atom is -0.278 e. The van der Waals surface area contributed by atoms with E-state index in [4.69, 9.17) is 11.6 Å². The summed E-state index contributed by atoms with van der Waals surface area (Å²) in [6.45, 7) is 4.02. The molecule has 0 radical (unpaired) electrons. The van der Waals surface area contributed by atoms with Crippen LogP contribution in [0.15, 0.2) is 41.5 Å². The number of rotatable bonds is 3. The topological polar surface area (TPSA) is 24.4 Å². The molecule has 0 bridgehead atoms. The third kappa shape index (κ3) is 3.32. The van der Waals surface area contributed by atoms with Crippen molar-refractivity contribution < 1.29 is 0 Å². The van der Waals surface area contributed by atoms with Crippen molar-refractivity contribution in [3.63, 3.8) is 0 Å². The van der Waals surface area contributed by atoms with Gasteiger partial charge in [0.2, 0.25) is 0 Å². The molecule has 88 valence electrons. The summed E-state index contributed by atoms with van der Waals surface area (Å²) in [5.74, 6) is 0. The van der Waals surface area contributed by atoms with Gasteiger partial charge in [-0.15, -0.1) is 11.3 Å². The van der Waals surface area contributed by atoms with Crippen LogP contribution < -0.4 is 5.43 Å². The lowest BCUT2D eigenvalue weighted by Gasteiger charge is -2.02. The highest BCUT2D eigenvalue weighted by Gasteiger charge is 2.01. The van der Waals surface area contributed by atoms with E-state index in [2.05, 4.69) is 29.6 Å². The Morgan fingerprint density at radius 3 is 2.76 bits per heavy atom. The molecular weight excluding hydrogens is 252 g/mol. The molecular formula is C13H13ClN2S. The van der Waals surface area contributed by atoms with E-state index in [1.54, 1.807) is 0 Å². The minimum atomic E-state index is 0.783. The molecule has 0 aliphatic heterocycles. The Labute approximate surface area is 110 Å². The first-order valence-corrected chi connectivity index (χ1v) is 6.47. The summed E-state index contributed by atoms with van der Waals surface area (Å²) in [7, 11) is 0. The number of anilines is 1. The van der Waals surface area contributed by atoms with E-state index in [1.807, 2.05) is 31.2 Å². The van der Waals surface area contributed by atoms with E-state index >= 15 is 0 Å². The fraction of sp³-hybridized carbons (Fsp3) is 0.154. The molecule has 2 aromatic rings. The Hall–Kier alpha value is -1.32. The monoisotopic (exact) mass is 264 g/mol. The number of thiophene rings is 1. The van der Waals surface area contributed by atoms with Crippen molar-refractivity contribution in [2.45, 2.75) is 13.8 Å². The summed E-state index contributed by atoms with van der Waals surface area (Å²) in [4.78, 5) is 1.08. The standard InChI is InChI=1S/C13H13ClN2S/c1-9-4-3-5-11(8-9)16-15-10(2)12-6-7-13(14)17-12/h3-8,16H,1-2H3/b15-10-. The zero-order valence-electron chi connectivity index (χ0n) is 9.70. The van der Waals surface area contributed by atoms with Crippen molar-refractivity contribution in [2.24, 2.45) is 5.10 Å². The molecule has 1 aromatic heterocycles. The van der Waals surface area contributed by atoms with Crippen molar-refractivity contribution >= 4 is 34.3 Å². The average Bonchev–Trinajstić information content (AvgIpc) is 2.73. The quantitative estimate of drug-likeness (QED) is 0.638. The first kappa shape index (κ1) is 12.1. The lowest BCUT2D eigenvalue weighted by atomic mass is 10.2. The molecule has 2 nitrogen and oxygen atoms in total. The largest absolute Gasteiger partial charge is 0.278 e. The maximum absolute atomic E-state index is 5.89. The molecule has 0 aliphatic rings. The van der Waals surface area contributed by atoms with Gasteiger partial charge < -0.3 is 0 Å². The van der Waals surface area contributed by atoms with E-state index in [1.165, 1.54) is 16.9 Å². The normalized spacial score (nSPS) is 11.6. The van der Waals surface area contributed by atoms with Crippen molar-refractivity contribution in [3.8, 4) is 0 Å². The van der Waals surface area contributed by atoms with Crippen molar-refractivity contribution in [1.82, 2.24) is 0 Å². The fourth-order valence-corrected chi connectivity index (χ4v) is 2.41. The molecule has 2 rings (SSSR count). The molecule has 0 atom stereocenters. The molecule has 0 spiro atoms. The number of nitrogens with zero attached hydrogens (tertiary/aromatic N) is 1. The summed E-state index contributed by atoms with van der Waals surface area (Å²) in [5, 5.41) is 4.34. The van der Waals surface area contributed by atoms with Gasteiger partial charge in [-0.2, -0.15) is 5.10 Å². The third-order valence-electron chi connectivity index (χ3n) is 2.30. The van der Waals surface area contributed by atoms with Gasteiger partial charge in [0.05, 0.1) is 20.6 Å². The molecule has 1 N–H and O–H groups in total. The van der Waals surface area contributed by atoms with Crippen LogP contribution in [0.25, 0.3) is 0 Å². The second-order valence-corrected chi connectivity index (χ2v) is 5.50. The van der Waals surface area contributed by atoms with E-state index in [-0.39, 0.29) is 0 Å². The lowest BCUT2D eigenvalue weighted by Crippen LogP contribution is -1.97. The number of benzene rings is 1. The zero-order valence-corrected chi connectivity index (χ0v) is 11.3. The summed E-state index contributed by atoms with van der Waals surface area (Å²) in [6, 6.07) is 12.0. The van der Waals surface area contributed by atoms with Gasteiger partial charge in [0.15, 0.2) is 0 Å². The van der Waals surface area contributed by atoms with Gasteiger partial charge in [0.1, 0.15) is 0 Å². The summed E-state index contributed by atoms with van der Waals surface area (Å²) < 4.78 is 0.783. The minimum absolute atomic E-state index is 0.783. The zero-order chi connectivity index (χ0) is 12.3. The Morgan fingerprint density at radius 1 is 1.29 bits per heavy atom. The van der Waals surface area contributed by atoms with E-state index in [9.17, 15) is 0 Å². The molecule has 0 saturated heterocycles. The molecule has 17 heavy (non-hydrogen) atoms. The summed E-state index contributed by atoms with van der Waals surface area (Å²) in [5.41, 5.74) is 6.18. The highest BCUT2D eigenvalue weighted by Crippen LogP contribution is 2.22. The second kappa shape index (κ2) is 5.34. The first-order chi connectivity index (χ1) is 8.15. The molecule has 1 heterocycles. The first-order valence-electron chi connectivity index (χ1n) is 5.28. The van der Waals surface area contributed by atoms with Gasteiger partial charge in [-0.25, -0.2) is 0 Å². The summed E-state index contributed by atoms with van der Waals surface area (Å²) in [6.07, 6.45) is 0. The Balaban J connectivity index is 2.10. The molecule has 0 fully saturated rings. The third-order valence-corrected chi connectivity index (χ3v) is 3.64. The maximum atomic E-state index is 5.89. The van der Waals surface area contributed by atoms with E-state index in [0.717, 1.165) is 20.6 Å². The van der Waals surface area contributed by atoms with Gasteiger partial charge in [0.25, 0.3) is 0 Å². The van der Waals surface area contributed by atoms with Gasteiger partial charge >= 0.3 is 0 Å². The van der Waals surface area contributed by atoms with Crippen LogP contribution in [0.5, 0.6) is 0 Å². The number of nitrogens with one attached hydrogen (secondary N) is 1. The number of hydrazone groups is 1. The highest BCUT2D eigenvalue weighted by atomic mass is 35.5. The number of hydrogen-bond acceptors (Lipinski definition) is 3. The lowest BCUT2D eigenvalue weighted by molar-refractivity contribution is 1.31. The number of hydrogen-bond donors (Lipinski definition) is 1. The Morgan fingerprint density at radius 2 is 2.12 bits per heavy atom. The van der Waals surface area contributed by atoms with E-state index in [0.29, 0.717) is 0 Å². The smallest absolute Gasteiger partial charge is 0.0935 e.